The van der Waals surface area contributed by atoms with Gasteiger partial charge in [0, 0.05) is 26.5 Å². The molecule has 1 rings (SSSR count). The fraction of sp³-hybridized carbons (Fsp3) is 0.727. The summed E-state index contributed by atoms with van der Waals surface area (Å²) >= 11 is 4.78. The second-order valence-electron chi connectivity index (χ2n) is 3.98. The number of thioether (sulfide) groups is 1. The number of carbonyl (C=O) groups is 3. The Bertz CT molecular complexity index is 374. The molecule has 0 radical (unpaired) electrons. The summed E-state index contributed by atoms with van der Waals surface area (Å²) in [6.07, 6.45) is -2.15. The van der Waals surface area contributed by atoms with Crippen LogP contribution >= 0.6 is 27.7 Å². The zero-order valence-electron chi connectivity index (χ0n) is 10.8. The van der Waals surface area contributed by atoms with Gasteiger partial charge < -0.3 is 14.2 Å². The fourth-order valence-electron chi connectivity index (χ4n) is 1.70. The predicted octanol–water partition coefficient (Wildman–Crippen LogP) is 1.25. The third-order valence-corrected chi connectivity index (χ3v) is 4.71. The Hall–Kier alpha value is -0.760. The minimum atomic E-state index is -0.809. The topological polar surface area (TPSA) is 78.9 Å². The van der Waals surface area contributed by atoms with Gasteiger partial charge in [0.15, 0.2) is 18.3 Å². The van der Waals surface area contributed by atoms with Crippen LogP contribution < -0.4 is 0 Å². The highest BCUT2D eigenvalue weighted by Crippen LogP contribution is 2.35. The first-order chi connectivity index (χ1) is 8.81. The van der Waals surface area contributed by atoms with Crippen molar-refractivity contribution in [3.8, 4) is 0 Å². The second-order valence-corrected chi connectivity index (χ2v) is 6.75. The van der Waals surface area contributed by atoms with Gasteiger partial charge in [0.2, 0.25) is 0 Å². The molecule has 1 fully saturated rings. The Morgan fingerprint density at radius 3 is 1.89 bits per heavy atom. The van der Waals surface area contributed by atoms with Crippen LogP contribution in [0.25, 0.3) is 0 Å². The quantitative estimate of drug-likeness (QED) is 0.428. The molecule has 6 nitrogen and oxygen atoms in total. The highest BCUT2D eigenvalue weighted by molar-refractivity contribution is 9.11. The monoisotopic (exact) mass is 354 g/mol. The van der Waals surface area contributed by atoms with Crippen molar-refractivity contribution in [1.29, 1.82) is 0 Å². The third-order valence-electron chi connectivity index (χ3n) is 2.29. The number of hydrogen-bond donors (Lipinski definition) is 0. The highest BCUT2D eigenvalue weighted by atomic mass is 79.9. The van der Waals surface area contributed by atoms with E-state index in [1.165, 1.54) is 32.5 Å². The zero-order valence-corrected chi connectivity index (χ0v) is 13.2. The van der Waals surface area contributed by atoms with Gasteiger partial charge in [-0.05, 0) is 0 Å². The Morgan fingerprint density at radius 1 is 0.947 bits per heavy atom. The van der Waals surface area contributed by atoms with E-state index in [1.807, 2.05) is 0 Å². The van der Waals surface area contributed by atoms with Gasteiger partial charge in [0.25, 0.3) is 0 Å². The summed E-state index contributed by atoms with van der Waals surface area (Å²) in [6, 6.07) is 0. The molecule has 0 spiro atoms. The lowest BCUT2D eigenvalue weighted by Gasteiger charge is -2.38. The lowest BCUT2D eigenvalue weighted by atomic mass is 10.1. The van der Waals surface area contributed by atoms with Crippen LogP contribution in [0.2, 0.25) is 0 Å². The van der Waals surface area contributed by atoms with E-state index in [-0.39, 0.29) is 4.16 Å². The van der Waals surface area contributed by atoms with Crippen molar-refractivity contribution in [1.82, 2.24) is 0 Å². The lowest BCUT2D eigenvalue weighted by molar-refractivity contribution is -0.180. The van der Waals surface area contributed by atoms with E-state index in [1.54, 1.807) is 0 Å². The Morgan fingerprint density at radius 2 is 1.42 bits per heavy atom. The van der Waals surface area contributed by atoms with E-state index in [0.717, 1.165) is 0 Å². The van der Waals surface area contributed by atoms with Crippen molar-refractivity contribution in [2.24, 2.45) is 0 Å². The highest BCUT2D eigenvalue weighted by Gasteiger charge is 2.45. The van der Waals surface area contributed by atoms with Crippen LogP contribution in [0.5, 0.6) is 0 Å². The average molecular weight is 355 g/mol. The fourth-order valence-corrected chi connectivity index (χ4v) is 3.60. The van der Waals surface area contributed by atoms with Gasteiger partial charge in [-0.25, -0.2) is 0 Å². The average Bonchev–Trinajstić information content (AvgIpc) is 2.25. The molecule has 0 N–H and O–H groups in total. The van der Waals surface area contributed by atoms with Gasteiger partial charge in [-0.3, -0.25) is 14.4 Å². The van der Waals surface area contributed by atoms with Gasteiger partial charge in [-0.2, -0.15) is 0 Å². The number of carbonyl (C=O) groups excluding carboxylic acids is 3. The molecule has 1 aliphatic rings. The van der Waals surface area contributed by atoms with Gasteiger partial charge in [0.1, 0.15) is 4.16 Å². The SMILES string of the molecule is CC(=O)O[C@@H]1[C@H](OC(C)=O)CSC(Br)[C@@H]1OC(C)=O. The van der Waals surface area contributed by atoms with E-state index in [9.17, 15) is 14.4 Å². The molecule has 1 aliphatic heterocycles. The largest absolute Gasteiger partial charge is 0.458 e. The minimum absolute atomic E-state index is 0.229. The molecule has 1 saturated heterocycles. The van der Waals surface area contributed by atoms with Gasteiger partial charge in [0.05, 0.1) is 0 Å². The van der Waals surface area contributed by atoms with Crippen molar-refractivity contribution in [2.75, 3.05) is 5.75 Å². The van der Waals surface area contributed by atoms with Crippen molar-refractivity contribution >= 4 is 45.6 Å². The number of rotatable bonds is 3. The van der Waals surface area contributed by atoms with Gasteiger partial charge in [-0.1, -0.05) is 15.9 Å². The molecule has 19 heavy (non-hydrogen) atoms. The lowest BCUT2D eigenvalue weighted by Crippen LogP contribution is -2.52. The number of hydrogen-bond acceptors (Lipinski definition) is 7. The van der Waals surface area contributed by atoms with E-state index in [4.69, 9.17) is 14.2 Å². The Labute approximate surface area is 123 Å². The Kier molecular flexibility index (Phi) is 6.12. The maximum absolute atomic E-state index is 11.2. The second kappa shape index (κ2) is 7.14. The summed E-state index contributed by atoms with van der Waals surface area (Å²) in [5.74, 6) is -1.04. The molecule has 8 heteroatoms. The van der Waals surface area contributed by atoms with Crippen LogP contribution in [0.15, 0.2) is 0 Å². The van der Waals surface area contributed by atoms with Gasteiger partial charge in [-0.15, -0.1) is 11.8 Å². The zero-order chi connectivity index (χ0) is 14.6. The number of esters is 3. The van der Waals surface area contributed by atoms with Crippen LogP contribution in [-0.2, 0) is 28.6 Å². The van der Waals surface area contributed by atoms with Gasteiger partial charge >= 0.3 is 17.9 Å². The van der Waals surface area contributed by atoms with Crippen LogP contribution in [0.1, 0.15) is 20.8 Å². The first-order valence-electron chi connectivity index (χ1n) is 5.58. The van der Waals surface area contributed by atoms with Crippen LogP contribution in [-0.4, -0.2) is 46.1 Å². The van der Waals surface area contributed by atoms with Crippen LogP contribution in [0, 0.1) is 0 Å². The molecule has 0 aromatic rings. The minimum Gasteiger partial charge on any atom is -0.458 e. The van der Waals surface area contributed by atoms with Crippen molar-refractivity contribution in [2.45, 2.75) is 43.2 Å². The van der Waals surface area contributed by atoms with Crippen molar-refractivity contribution < 1.29 is 28.6 Å². The molecule has 0 saturated carbocycles. The van der Waals surface area contributed by atoms with Crippen LogP contribution in [0.3, 0.4) is 0 Å². The van der Waals surface area contributed by atoms with Crippen molar-refractivity contribution in [3.63, 3.8) is 0 Å². The summed E-state index contributed by atoms with van der Waals surface area (Å²) in [4.78, 5) is 33.3. The van der Waals surface area contributed by atoms with E-state index in [2.05, 4.69) is 15.9 Å². The first kappa shape index (κ1) is 16.3. The molecule has 0 aromatic carbocycles. The summed E-state index contributed by atoms with van der Waals surface area (Å²) in [6.45, 7) is 3.79. The summed E-state index contributed by atoms with van der Waals surface area (Å²) in [7, 11) is 0. The summed E-state index contributed by atoms with van der Waals surface area (Å²) in [5, 5.41) is 0. The molecule has 0 amide bonds. The molecule has 1 heterocycles. The molecule has 0 bridgehead atoms. The van der Waals surface area contributed by atoms with E-state index >= 15 is 0 Å². The number of ether oxygens (including phenoxy) is 3. The summed E-state index contributed by atoms with van der Waals surface area (Å²) in [5.41, 5.74) is 0. The molecular weight excluding hydrogens is 340 g/mol. The smallest absolute Gasteiger partial charge is 0.303 e. The molecule has 0 aliphatic carbocycles. The number of alkyl halides is 1. The maximum Gasteiger partial charge on any atom is 0.303 e. The number of halogens is 1. The van der Waals surface area contributed by atoms with Crippen molar-refractivity contribution in [3.05, 3.63) is 0 Å². The molecular formula is C11H15BrO6S. The Balaban J connectivity index is 2.89. The molecule has 108 valence electrons. The summed E-state index contributed by atoms with van der Waals surface area (Å²) < 4.78 is 15.2. The van der Waals surface area contributed by atoms with Crippen LogP contribution in [0.4, 0.5) is 0 Å². The molecule has 0 aromatic heterocycles. The van der Waals surface area contributed by atoms with E-state index in [0.29, 0.717) is 5.75 Å². The van der Waals surface area contributed by atoms with E-state index < -0.39 is 36.2 Å². The maximum atomic E-state index is 11.2. The predicted molar refractivity (Wildman–Crippen MR) is 71.8 cm³/mol. The standard InChI is InChI=1S/C11H15BrO6S/c1-5(13)16-8-4-19-11(12)10(18-7(3)15)9(8)17-6(2)14/h8-11H,4H2,1-3H3/t8-,9-,10-,11?/m1/s1. The molecule has 4 atom stereocenters. The first-order valence-corrected chi connectivity index (χ1v) is 7.55. The third kappa shape index (κ3) is 5.02. The molecule has 1 unspecified atom stereocenters. The normalized spacial score (nSPS) is 30.3.